The first-order valence-corrected chi connectivity index (χ1v) is 6.74. The SMILES string of the molecule is CC1CCCC(NC(=O)CCCCN)(C(=O)O)C1. The summed E-state index contributed by atoms with van der Waals surface area (Å²) in [6.07, 6.45) is 4.84. The minimum atomic E-state index is -1.04. The summed E-state index contributed by atoms with van der Waals surface area (Å²) >= 11 is 0. The summed E-state index contributed by atoms with van der Waals surface area (Å²) in [4.78, 5) is 23.2. The van der Waals surface area contributed by atoms with E-state index in [9.17, 15) is 14.7 Å². The van der Waals surface area contributed by atoms with Gasteiger partial charge in [0.05, 0.1) is 0 Å². The molecule has 5 heteroatoms. The average Bonchev–Trinajstić information content (AvgIpc) is 2.29. The van der Waals surface area contributed by atoms with Crippen LogP contribution in [-0.4, -0.2) is 29.1 Å². The van der Waals surface area contributed by atoms with Crippen molar-refractivity contribution >= 4 is 11.9 Å². The Bertz CT molecular complexity index is 307. The van der Waals surface area contributed by atoms with Crippen LogP contribution < -0.4 is 11.1 Å². The van der Waals surface area contributed by atoms with Gasteiger partial charge in [-0.1, -0.05) is 19.8 Å². The number of nitrogens with two attached hydrogens (primary N) is 1. The fourth-order valence-corrected chi connectivity index (χ4v) is 2.67. The zero-order chi connectivity index (χ0) is 13.6. The van der Waals surface area contributed by atoms with E-state index in [2.05, 4.69) is 5.32 Å². The summed E-state index contributed by atoms with van der Waals surface area (Å²) in [5, 5.41) is 12.1. The molecule has 0 bridgehead atoms. The van der Waals surface area contributed by atoms with Crippen LogP contribution in [0.1, 0.15) is 51.9 Å². The molecular weight excluding hydrogens is 232 g/mol. The Morgan fingerprint density at radius 1 is 1.44 bits per heavy atom. The number of amides is 1. The van der Waals surface area contributed by atoms with E-state index < -0.39 is 11.5 Å². The van der Waals surface area contributed by atoms with Crippen LogP contribution in [-0.2, 0) is 9.59 Å². The van der Waals surface area contributed by atoms with E-state index in [-0.39, 0.29) is 5.91 Å². The highest BCUT2D eigenvalue weighted by molar-refractivity contribution is 5.87. The minimum Gasteiger partial charge on any atom is -0.480 e. The van der Waals surface area contributed by atoms with Gasteiger partial charge in [0.15, 0.2) is 0 Å². The molecule has 1 aliphatic rings. The molecule has 0 radical (unpaired) electrons. The highest BCUT2D eigenvalue weighted by Crippen LogP contribution is 2.32. The normalized spacial score (nSPS) is 27.8. The summed E-state index contributed by atoms with van der Waals surface area (Å²) in [6.45, 7) is 2.60. The number of carbonyl (C=O) groups is 2. The van der Waals surface area contributed by atoms with Gasteiger partial charge >= 0.3 is 5.97 Å². The number of rotatable bonds is 6. The summed E-state index contributed by atoms with van der Waals surface area (Å²) in [5.74, 6) is -0.722. The number of hydrogen-bond acceptors (Lipinski definition) is 3. The van der Waals surface area contributed by atoms with E-state index in [1.54, 1.807) is 0 Å². The molecule has 0 heterocycles. The topological polar surface area (TPSA) is 92.4 Å². The second-order valence-corrected chi connectivity index (χ2v) is 5.38. The molecule has 1 rings (SSSR count). The van der Waals surface area contributed by atoms with Crippen LogP contribution in [0.5, 0.6) is 0 Å². The van der Waals surface area contributed by atoms with E-state index in [0.29, 0.717) is 38.1 Å². The zero-order valence-electron chi connectivity index (χ0n) is 11.1. The molecule has 4 N–H and O–H groups in total. The molecule has 0 aromatic carbocycles. The molecule has 104 valence electrons. The lowest BCUT2D eigenvalue weighted by atomic mass is 9.76. The van der Waals surface area contributed by atoms with Crippen LogP contribution in [0.3, 0.4) is 0 Å². The minimum absolute atomic E-state index is 0.167. The van der Waals surface area contributed by atoms with Gasteiger partial charge in [-0.25, -0.2) is 4.79 Å². The number of carboxylic acids is 1. The first-order valence-electron chi connectivity index (χ1n) is 6.74. The number of unbranched alkanes of at least 4 members (excludes halogenated alkanes) is 1. The Balaban J connectivity index is 2.57. The number of carbonyl (C=O) groups excluding carboxylic acids is 1. The van der Waals surface area contributed by atoms with Gasteiger partial charge in [-0.05, 0) is 38.1 Å². The smallest absolute Gasteiger partial charge is 0.329 e. The first-order chi connectivity index (χ1) is 8.50. The van der Waals surface area contributed by atoms with E-state index in [1.807, 2.05) is 6.92 Å². The molecule has 18 heavy (non-hydrogen) atoms. The molecule has 1 amide bonds. The molecule has 2 unspecified atom stereocenters. The molecule has 0 aliphatic heterocycles. The summed E-state index contributed by atoms with van der Waals surface area (Å²) in [7, 11) is 0. The highest BCUT2D eigenvalue weighted by atomic mass is 16.4. The van der Waals surface area contributed by atoms with Gasteiger partial charge in [-0.15, -0.1) is 0 Å². The van der Waals surface area contributed by atoms with Crippen molar-refractivity contribution in [3.8, 4) is 0 Å². The molecule has 0 saturated heterocycles. The monoisotopic (exact) mass is 256 g/mol. The third-order valence-electron chi connectivity index (χ3n) is 3.64. The van der Waals surface area contributed by atoms with Crippen LogP contribution in [0.4, 0.5) is 0 Å². The van der Waals surface area contributed by atoms with Crippen LogP contribution in [0, 0.1) is 5.92 Å². The maximum Gasteiger partial charge on any atom is 0.329 e. The molecule has 0 aromatic heterocycles. The average molecular weight is 256 g/mol. The van der Waals surface area contributed by atoms with Crippen molar-refractivity contribution in [1.29, 1.82) is 0 Å². The Morgan fingerprint density at radius 2 is 2.17 bits per heavy atom. The standard InChI is InChI=1S/C13H24N2O3/c1-10-5-4-7-13(9-10,12(17)18)15-11(16)6-2-3-8-14/h10H,2-9,14H2,1H3,(H,15,16)(H,17,18). The third kappa shape index (κ3) is 3.98. The summed E-state index contributed by atoms with van der Waals surface area (Å²) in [5.41, 5.74) is 4.32. The van der Waals surface area contributed by atoms with Crippen molar-refractivity contribution in [3.63, 3.8) is 0 Å². The van der Waals surface area contributed by atoms with Gasteiger partial charge in [-0.3, -0.25) is 4.79 Å². The Hall–Kier alpha value is -1.10. The summed E-state index contributed by atoms with van der Waals surface area (Å²) < 4.78 is 0. The third-order valence-corrected chi connectivity index (χ3v) is 3.64. The van der Waals surface area contributed by atoms with Crippen molar-refractivity contribution < 1.29 is 14.7 Å². The largest absolute Gasteiger partial charge is 0.480 e. The number of aliphatic carboxylic acids is 1. The summed E-state index contributed by atoms with van der Waals surface area (Å²) in [6, 6.07) is 0. The predicted octanol–water partition coefficient (Wildman–Crippen LogP) is 1.27. The molecule has 1 saturated carbocycles. The number of carboxylic acid groups (broad SMARTS) is 1. The molecular formula is C13H24N2O3. The number of hydrogen-bond donors (Lipinski definition) is 3. The molecule has 1 fully saturated rings. The quantitative estimate of drug-likeness (QED) is 0.624. The second kappa shape index (κ2) is 6.73. The molecule has 0 spiro atoms. The molecule has 2 atom stereocenters. The lowest BCUT2D eigenvalue weighted by Crippen LogP contribution is -2.56. The lowest BCUT2D eigenvalue weighted by molar-refractivity contribution is -0.150. The van der Waals surface area contributed by atoms with Crippen LogP contribution >= 0.6 is 0 Å². The Labute approximate surface area is 108 Å². The Kier molecular flexibility index (Phi) is 5.59. The van der Waals surface area contributed by atoms with Crippen molar-refractivity contribution in [2.24, 2.45) is 11.7 Å². The fourth-order valence-electron chi connectivity index (χ4n) is 2.67. The maximum atomic E-state index is 11.8. The van der Waals surface area contributed by atoms with Crippen LogP contribution in [0.2, 0.25) is 0 Å². The van der Waals surface area contributed by atoms with Gasteiger partial charge in [-0.2, -0.15) is 0 Å². The van der Waals surface area contributed by atoms with Gasteiger partial charge < -0.3 is 16.2 Å². The molecule has 1 aliphatic carbocycles. The van der Waals surface area contributed by atoms with E-state index in [4.69, 9.17) is 5.73 Å². The number of nitrogens with one attached hydrogen (secondary N) is 1. The molecule has 0 aromatic rings. The van der Waals surface area contributed by atoms with Crippen molar-refractivity contribution in [3.05, 3.63) is 0 Å². The maximum absolute atomic E-state index is 11.8. The highest BCUT2D eigenvalue weighted by Gasteiger charge is 2.42. The predicted molar refractivity (Wildman–Crippen MR) is 69.0 cm³/mol. The fraction of sp³-hybridized carbons (Fsp3) is 0.846. The van der Waals surface area contributed by atoms with Gasteiger partial charge in [0.25, 0.3) is 0 Å². The van der Waals surface area contributed by atoms with Crippen LogP contribution in [0.15, 0.2) is 0 Å². The van der Waals surface area contributed by atoms with Gasteiger partial charge in [0.2, 0.25) is 5.91 Å². The molecule has 5 nitrogen and oxygen atoms in total. The van der Waals surface area contributed by atoms with Crippen molar-refractivity contribution in [2.45, 2.75) is 57.4 Å². The Morgan fingerprint density at radius 3 is 2.72 bits per heavy atom. The van der Waals surface area contributed by atoms with E-state index >= 15 is 0 Å². The van der Waals surface area contributed by atoms with Gasteiger partial charge in [0, 0.05) is 6.42 Å². The van der Waals surface area contributed by atoms with E-state index in [0.717, 1.165) is 19.3 Å². The van der Waals surface area contributed by atoms with Crippen molar-refractivity contribution in [2.75, 3.05) is 6.54 Å². The first kappa shape index (κ1) is 15.0. The van der Waals surface area contributed by atoms with Crippen molar-refractivity contribution in [1.82, 2.24) is 5.32 Å². The van der Waals surface area contributed by atoms with Crippen LogP contribution in [0.25, 0.3) is 0 Å². The zero-order valence-corrected chi connectivity index (χ0v) is 11.1. The second-order valence-electron chi connectivity index (χ2n) is 5.38. The lowest BCUT2D eigenvalue weighted by Gasteiger charge is -2.37. The van der Waals surface area contributed by atoms with Gasteiger partial charge in [0.1, 0.15) is 5.54 Å². The van der Waals surface area contributed by atoms with E-state index in [1.165, 1.54) is 0 Å².